The van der Waals surface area contributed by atoms with Crippen LogP contribution in [-0.4, -0.2) is 34.9 Å². The van der Waals surface area contributed by atoms with Crippen LogP contribution in [-0.2, 0) is 34.8 Å². The highest BCUT2D eigenvalue weighted by atomic mass is 32.2. The van der Waals surface area contributed by atoms with E-state index in [0.29, 0.717) is 41.1 Å². The van der Waals surface area contributed by atoms with Crippen LogP contribution in [0.2, 0.25) is 0 Å². The first-order chi connectivity index (χ1) is 11.5. The Morgan fingerprint density at radius 2 is 2.21 bits per heavy atom. The zero-order valence-electron chi connectivity index (χ0n) is 13.1. The van der Waals surface area contributed by atoms with Gasteiger partial charge in [0.25, 0.3) is 10.0 Å². The molecule has 10 heteroatoms. The van der Waals surface area contributed by atoms with Gasteiger partial charge < -0.3 is 9.26 Å². The van der Waals surface area contributed by atoms with Crippen molar-refractivity contribution in [1.29, 1.82) is 0 Å². The molecule has 0 aliphatic carbocycles. The molecule has 0 saturated heterocycles. The lowest BCUT2D eigenvalue weighted by molar-refractivity contribution is 0.103. The van der Waals surface area contributed by atoms with Gasteiger partial charge in [-0.2, -0.15) is 5.10 Å². The maximum absolute atomic E-state index is 12.6. The molecule has 0 spiro atoms. The Hall–Kier alpha value is -2.46. The minimum Gasteiger partial charge on any atom is -0.376 e. The van der Waals surface area contributed by atoms with Crippen LogP contribution in [0.4, 0.5) is 5.82 Å². The fourth-order valence-corrected chi connectivity index (χ4v) is 3.73. The van der Waals surface area contributed by atoms with Gasteiger partial charge >= 0.3 is 0 Å². The normalized spacial score (nSPS) is 14.8. The van der Waals surface area contributed by atoms with Crippen molar-refractivity contribution in [3.63, 3.8) is 0 Å². The van der Waals surface area contributed by atoms with Gasteiger partial charge in [0.05, 0.1) is 24.5 Å². The first-order valence-corrected chi connectivity index (χ1v) is 8.81. The zero-order valence-corrected chi connectivity index (χ0v) is 13.9. The van der Waals surface area contributed by atoms with Gasteiger partial charge in [0.1, 0.15) is 10.7 Å². The van der Waals surface area contributed by atoms with E-state index < -0.39 is 10.0 Å². The van der Waals surface area contributed by atoms with Crippen LogP contribution in [0.5, 0.6) is 0 Å². The van der Waals surface area contributed by atoms with E-state index >= 15 is 0 Å². The number of hydrogen-bond donors (Lipinski definition) is 1. The summed E-state index contributed by atoms with van der Waals surface area (Å²) < 4.78 is 39.9. The van der Waals surface area contributed by atoms with Crippen molar-refractivity contribution < 1.29 is 17.7 Å². The molecule has 126 valence electrons. The predicted molar refractivity (Wildman–Crippen MR) is 83.9 cm³/mol. The first kappa shape index (κ1) is 15.1. The van der Waals surface area contributed by atoms with Crippen LogP contribution in [0.1, 0.15) is 17.0 Å². The van der Waals surface area contributed by atoms with Crippen molar-refractivity contribution in [2.75, 3.05) is 11.3 Å². The van der Waals surface area contributed by atoms with Crippen LogP contribution in [0, 0.1) is 6.92 Å². The number of rotatable bonds is 3. The summed E-state index contributed by atoms with van der Waals surface area (Å²) in [5, 5.41) is 8.74. The van der Waals surface area contributed by atoms with Gasteiger partial charge in [0.15, 0.2) is 11.5 Å². The molecule has 0 fully saturated rings. The van der Waals surface area contributed by atoms with Crippen molar-refractivity contribution in [2.24, 2.45) is 7.05 Å². The summed E-state index contributed by atoms with van der Waals surface area (Å²) in [7, 11) is -2.08. The van der Waals surface area contributed by atoms with Crippen molar-refractivity contribution >= 4 is 26.9 Å². The SMILES string of the molecule is Cc1nn(C)c2ncc(S(=O)(=O)Nc3noc4c3COCC4)cc12. The lowest BCUT2D eigenvalue weighted by atomic mass is 10.2. The quantitative estimate of drug-likeness (QED) is 0.754. The molecule has 1 aliphatic rings. The van der Waals surface area contributed by atoms with Crippen LogP contribution in [0.25, 0.3) is 11.0 Å². The molecule has 4 rings (SSSR count). The Bertz CT molecular complexity index is 1040. The smallest absolute Gasteiger partial charge is 0.264 e. The fourth-order valence-electron chi connectivity index (χ4n) is 2.73. The third kappa shape index (κ3) is 2.34. The Morgan fingerprint density at radius 1 is 1.38 bits per heavy atom. The van der Waals surface area contributed by atoms with Gasteiger partial charge in [-0.25, -0.2) is 13.4 Å². The summed E-state index contributed by atoms with van der Waals surface area (Å²) in [6.07, 6.45) is 1.88. The van der Waals surface area contributed by atoms with Crippen LogP contribution < -0.4 is 4.72 Å². The Kier molecular flexibility index (Phi) is 3.32. The van der Waals surface area contributed by atoms with Gasteiger partial charge in [0.2, 0.25) is 0 Å². The molecule has 1 N–H and O–H groups in total. The van der Waals surface area contributed by atoms with E-state index in [1.54, 1.807) is 24.7 Å². The highest BCUT2D eigenvalue weighted by Gasteiger charge is 2.25. The van der Waals surface area contributed by atoms with E-state index in [-0.39, 0.29) is 17.3 Å². The number of pyridine rings is 1. The van der Waals surface area contributed by atoms with E-state index in [1.165, 1.54) is 6.20 Å². The van der Waals surface area contributed by atoms with Gasteiger partial charge in [-0.05, 0) is 13.0 Å². The number of sulfonamides is 1. The second-order valence-electron chi connectivity index (χ2n) is 5.59. The maximum Gasteiger partial charge on any atom is 0.264 e. The molecule has 0 aromatic carbocycles. The zero-order chi connectivity index (χ0) is 16.9. The Labute approximate surface area is 137 Å². The van der Waals surface area contributed by atoms with Crippen molar-refractivity contribution in [3.8, 4) is 0 Å². The second-order valence-corrected chi connectivity index (χ2v) is 7.27. The van der Waals surface area contributed by atoms with Crippen molar-refractivity contribution in [2.45, 2.75) is 24.8 Å². The summed E-state index contributed by atoms with van der Waals surface area (Å²) in [4.78, 5) is 4.24. The van der Waals surface area contributed by atoms with Crippen LogP contribution in [0.15, 0.2) is 21.7 Å². The largest absolute Gasteiger partial charge is 0.376 e. The van der Waals surface area contributed by atoms with E-state index in [9.17, 15) is 8.42 Å². The number of fused-ring (bicyclic) bond motifs is 2. The minimum absolute atomic E-state index is 0.0413. The van der Waals surface area contributed by atoms with Gasteiger partial charge in [0, 0.05) is 25.1 Å². The summed E-state index contributed by atoms with van der Waals surface area (Å²) in [5.41, 5.74) is 1.97. The highest BCUT2D eigenvalue weighted by Crippen LogP contribution is 2.27. The first-order valence-electron chi connectivity index (χ1n) is 7.33. The third-order valence-corrected chi connectivity index (χ3v) is 5.27. The van der Waals surface area contributed by atoms with E-state index in [1.807, 2.05) is 0 Å². The van der Waals surface area contributed by atoms with E-state index in [4.69, 9.17) is 9.26 Å². The number of anilines is 1. The monoisotopic (exact) mass is 349 g/mol. The molecule has 0 bridgehead atoms. The summed E-state index contributed by atoms with van der Waals surface area (Å²) in [6.45, 7) is 2.62. The molecule has 3 aromatic rings. The summed E-state index contributed by atoms with van der Waals surface area (Å²) in [5.74, 6) is 0.809. The topological polar surface area (TPSA) is 112 Å². The lowest BCUT2D eigenvalue weighted by Crippen LogP contribution is -2.16. The van der Waals surface area contributed by atoms with E-state index in [0.717, 1.165) is 0 Å². The molecule has 0 radical (unpaired) electrons. The Morgan fingerprint density at radius 3 is 3.04 bits per heavy atom. The van der Waals surface area contributed by atoms with Crippen LogP contribution in [0.3, 0.4) is 0 Å². The maximum atomic E-state index is 12.6. The van der Waals surface area contributed by atoms with Gasteiger partial charge in [-0.15, -0.1) is 0 Å². The molecule has 4 heterocycles. The number of ether oxygens (including phenoxy) is 1. The fraction of sp³-hybridized carbons (Fsp3) is 0.357. The minimum atomic E-state index is -3.84. The molecule has 0 saturated carbocycles. The molecular formula is C14H15N5O4S. The number of nitrogens with one attached hydrogen (secondary N) is 1. The molecule has 0 atom stereocenters. The predicted octanol–water partition coefficient (Wildman–Crippen LogP) is 1.14. The number of nitrogens with zero attached hydrogens (tertiary/aromatic N) is 4. The summed E-state index contributed by atoms with van der Waals surface area (Å²) >= 11 is 0. The number of aryl methyl sites for hydroxylation is 2. The van der Waals surface area contributed by atoms with Gasteiger partial charge in [-0.3, -0.25) is 9.40 Å². The second kappa shape index (κ2) is 5.28. The molecule has 9 nitrogen and oxygen atoms in total. The third-order valence-electron chi connectivity index (χ3n) is 3.97. The lowest BCUT2D eigenvalue weighted by Gasteiger charge is -2.11. The number of aromatic nitrogens is 4. The molecule has 1 aliphatic heterocycles. The molecule has 3 aromatic heterocycles. The Balaban J connectivity index is 1.72. The highest BCUT2D eigenvalue weighted by molar-refractivity contribution is 7.92. The average Bonchev–Trinajstić information content (AvgIpc) is 3.09. The van der Waals surface area contributed by atoms with Crippen molar-refractivity contribution in [3.05, 3.63) is 29.3 Å². The van der Waals surface area contributed by atoms with Crippen LogP contribution >= 0.6 is 0 Å². The molecule has 0 unspecified atom stereocenters. The average molecular weight is 349 g/mol. The molecule has 24 heavy (non-hydrogen) atoms. The van der Waals surface area contributed by atoms with Crippen molar-refractivity contribution in [1.82, 2.24) is 19.9 Å². The van der Waals surface area contributed by atoms with E-state index in [2.05, 4.69) is 20.0 Å². The standard InChI is InChI=1S/C14H15N5O4S/c1-8-10-5-9(6-15-14(10)19(2)16-8)24(20,21)18-13-11-7-22-4-3-12(11)23-17-13/h5-6H,3-4,7H2,1-2H3,(H,17,18). The molecular weight excluding hydrogens is 334 g/mol. The molecule has 0 amide bonds. The number of hydrogen-bond acceptors (Lipinski definition) is 7. The van der Waals surface area contributed by atoms with Gasteiger partial charge in [-0.1, -0.05) is 5.16 Å². The summed E-state index contributed by atoms with van der Waals surface area (Å²) in [6, 6.07) is 1.55.